The van der Waals surface area contributed by atoms with Crippen LogP contribution in [-0.2, 0) is 16.6 Å². The zero-order valence-corrected chi connectivity index (χ0v) is 12.5. The summed E-state index contributed by atoms with van der Waals surface area (Å²) in [5, 5.41) is 18.8. The number of benzene rings is 1. The van der Waals surface area contributed by atoms with Crippen LogP contribution in [0.3, 0.4) is 0 Å². The van der Waals surface area contributed by atoms with Crippen molar-refractivity contribution in [3.05, 3.63) is 35.7 Å². The van der Waals surface area contributed by atoms with Crippen molar-refractivity contribution in [1.82, 2.24) is 15.5 Å². The summed E-state index contributed by atoms with van der Waals surface area (Å²) in [4.78, 5) is 0.0779. The van der Waals surface area contributed by atoms with Crippen LogP contribution in [0.4, 0.5) is 6.01 Å². The van der Waals surface area contributed by atoms with Gasteiger partial charge in [0, 0.05) is 6.54 Å². The predicted molar refractivity (Wildman–Crippen MR) is 76.9 cm³/mol. The van der Waals surface area contributed by atoms with Crippen LogP contribution in [0.15, 0.2) is 33.6 Å². The zero-order valence-electron chi connectivity index (χ0n) is 11.7. The molecule has 0 saturated heterocycles. The molecule has 1 heterocycles. The Morgan fingerprint density at radius 3 is 2.52 bits per heavy atom. The molecular formula is C12H17N5O3S. The Morgan fingerprint density at radius 1 is 1.29 bits per heavy atom. The minimum absolute atomic E-state index is 0.0258. The first kappa shape index (κ1) is 15.4. The highest BCUT2D eigenvalue weighted by molar-refractivity contribution is 7.89. The van der Waals surface area contributed by atoms with E-state index >= 15 is 0 Å². The van der Waals surface area contributed by atoms with E-state index < -0.39 is 10.0 Å². The van der Waals surface area contributed by atoms with Gasteiger partial charge in [0.2, 0.25) is 15.9 Å². The first-order valence-electron chi connectivity index (χ1n) is 6.26. The van der Waals surface area contributed by atoms with Crippen molar-refractivity contribution in [1.29, 1.82) is 0 Å². The smallest absolute Gasteiger partial charge is 0.315 e. The van der Waals surface area contributed by atoms with E-state index in [1.54, 1.807) is 19.2 Å². The fourth-order valence-electron chi connectivity index (χ4n) is 1.58. The van der Waals surface area contributed by atoms with E-state index in [9.17, 15) is 8.42 Å². The van der Waals surface area contributed by atoms with Gasteiger partial charge in [0.25, 0.3) is 0 Å². The molecule has 2 rings (SSSR count). The molecule has 2 aromatic rings. The molecule has 0 amide bonds. The second-order valence-electron chi connectivity index (χ2n) is 4.50. The summed E-state index contributed by atoms with van der Waals surface area (Å²) < 4.78 is 27.7. The highest BCUT2D eigenvalue weighted by atomic mass is 32.2. The molecule has 1 unspecified atom stereocenters. The van der Waals surface area contributed by atoms with E-state index in [1.807, 2.05) is 6.92 Å². The van der Waals surface area contributed by atoms with E-state index in [0.29, 0.717) is 18.5 Å². The summed E-state index contributed by atoms with van der Waals surface area (Å²) in [6, 6.07) is 6.52. The SMILES string of the molecule is CNC(C)c1nnc(NCc2ccc(S(N)(=O)=O)cc2)o1. The number of rotatable bonds is 6. The van der Waals surface area contributed by atoms with Gasteiger partial charge in [-0.25, -0.2) is 13.6 Å². The lowest BCUT2D eigenvalue weighted by Crippen LogP contribution is -2.12. The van der Waals surface area contributed by atoms with Gasteiger partial charge in [-0.05, 0) is 31.7 Å². The number of anilines is 1. The monoisotopic (exact) mass is 311 g/mol. The number of sulfonamides is 1. The van der Waals surface area contributed by atoms with E-state index in [4.69, 9.17) is 9.56 Å². The molecule has 9 heteroatoms. The Bertz CT molecular complexity index is 696. The van der Waals surface area contributed by atoms with E-state index in [0.717, 1.165) is 5.56 Å². The fraction of sp³-hybridized carbons (Fsp3) is 0.333. The summed E-state index contributed by atoms with van der Waals surface area (Å²) in [5.74, 6) is 0.490. The molecule has 1 atom stereocenters. The number of primary sulfonamides is 1. The Labute approximate surface area is 122 Å². The molecule has 8 nitrogen and oxygen atoms in total. The molecule has 0 aliphatic heterocycles. The second-order valence-corrected chi connectivity index (χ2v) is 6.06. The standard InChI is InChI=1S/C12H17N5O3S/c1-8(14-2)11-16-17-12(20-11)15-7-9-3-5-10(6-4-9)21(13,18)19/h3-6,8,14H,7H2,1-2H3,(H,15,17)(H2,13,18,19). The van der Waals surface area contributed by atoms with Crippen LogP contribution in [0.5, 0.6) is 0 Å². The predicted octanol–water partition coefficient (Wildman–Crippen LogP) is 0.610. The summed E-state index contributed by atoms with van der Waals surface area (Å²) in [5.41, 5.74) is 0.865. The first-order chi connectivity index (χ1) is 9.90. The van der Waals surface area contributed by atoms with Crippen molar-refractivity contribution in [3.8, 4) is 0 Å². The normalized spacial score (nSPS) is 13.1. The highest BCUT2D eigenvalue weighted by Crippen LogP contribution is 2.14. The van der Waals surface area contributed by atoms with Crippen LogP contribution in [0.1, 0.15) is 24.4 Å². The molecule has 0 aliphatic carbocycles. The van der Waals surface area contributed by atoms with E-state index in [2.05, 4.69) is 20.8 Å². The van der Waals surface area contributed by atoms with Gasteiger partial charge in [-0.1, -0.05) is 17.2 Å². The Balaban J connectivity index is 1.98. The molecule has 1 aromatic carbocycles. The average Bonchev–Trinajstić information content (AvgIpc) is 2.92. The van der Waals surface area contributed by atoms with Crippen LogP contribution in [0.25, 0.3) is 0 Å². The molecule has 0 radical (unpaired) electrons. The van der Waals surface area contributed by atoms with Crippen molar-refractivity contribution in [2.24, 2.45) is 5.14 Å². The minimum atomic E-state index is -3.66. The molecule has 0 aliphatic rings. The van der Waals surface area contributed by atoms with Crippen molar-refractivity contribution in [2.75, 3.05) is 12.4 Å². The lowest BCUT2D eigenvalue weighted by Gasteiger charge is -2.04. The molecule has 0 fully saturated rings. The van der Waals surface area contributed by atoms with Crippen LogP contribution in [0.2, 0.25) is 0 Å². The molecule has 1 aromatic heterocycles. The second kappa shape index (κ2) is 6.20. The molecule has 21 heavy (non-hydrogen) atoms. The maximum absolute atomic E-state index is 11.1. The highest BCUT2D eigenvalue weighted by Gasteiger charge is 2.11. The van der Waals surface area contributed by atoms with Gasteiger partial charge >= 0.3 is 6.01 Å². The van der Waals surface area contributed by atoms with Gasteiger partial charge in [-0.2, -0.15) is 0 Å². The van der Waals surface area contributed by atoms with Crippen molar-refractivity contribution in [3.63, 3.8) is 0 Å². The van der Waals surface area contributed by atoms with Gasteiger partial charge in [0.15, 0.2) is 0 Å². The maximum Gasteiger partial charge on any atom is 0.315 e. The Kier molecular flexibility index (Phi) is 4.56. The van der Waals surface area contributed by atoms with Gasteiger partial charge in [-0.3, -0.25) is 0 Å². The van der Waals surface area contributed by atoms with Gasteiger partial charge in [0.05, 0.1) is 10.9 Å². The lowest BCUT2D eigenvalue weighted by molar-refractivity contribution is 0.441. The number of hydrogen-bond acceptors (Lipinski definition) is 7. The molecule has 0 saturated carbocycles. The van der Waals surface area contributed by atoms with Crippen LogP contribution >= 0.6 is 0 Å². The largest absolute Gasteiger partial charge is 0.406 e. The Morgan fingerprint density at radius 2 is 1.95 bits per heavy atom. The summed E-state index contributed by atoms with van der Waals surface area (Å²) in [6.45, 7) is 2.34. The number of nitrogens with two attached hydrogens (primary N) is 1. The maximum atomic E-state index is 11.1. The molecule has 114 valence electrons. The quantitative estimate of drug-likeness (QED) is 0.714. The van der Waals surface area contributed by atoms with Crippen molar-refractivity contribution in [2.45, 2.75) is 24.4 Å². The van der Waals surface area contributed by atoms with Gasteiger partial charge in [0.1, 0.15) is 0 Å². The topological polar surface area (TPSA) is 123 Å². The summed E-state index contributed by atoms with van der Waals surface area (Å²) >= 11 is 0. The molecule has 0 spiro atoms. The third kappa shape index (κ3) is 4.00. The fourth-order valence-corrected chi connectivity index (χ4v) is 2.09. The number of nitrogens with one attached hydrogen (secondary N) is 2. The van der Waals surface area contributed by atoms with E-state index in [1.165, 1.54) is 12.1 Å². The third-order valence-electron chi connectivity index (χ3n) is 2.94. The Hall–Kier alpha value is -1.97. The molecular weight excluding hydrogens is 294 g/mol. The third-order valence-corrected chi connectivity index (χ3v) is 3.87. The van der Waals surface area contributed by atoms with Crippen molar-refractivity contribution >= 4 is 16.0 Å². The first-order valence-corrected chi connectivity index (χ1v) is 7.81. The molecule has 4 N–H and O–H groups in total. The van der Waals surface area contributed by atoms with Crippen LogP contribution in [-0.4, -0.2) is 25.7 Å². The molecule has 0 bridgehead atoms. The van der Waals surface area contributed by atoms with Crippen LogP contribution in [0, 0.1) is 0 Å². The van der Waals surface area contributed by atoms with Crippen LogP contribution < -0.4 is 15.8 Å². The lowest BCUT2D eigenvalue weighted by atomic mass is 10.2. The van der Waals surface area contributed by atoms with Crippen molar-refractivity contribution < 1.29 is 12.8 Å². The number of aromatic nitrogens is 2. The number of nitrogens with zero attached hydrogens (tertiary/aromatic N) is 2. The zero-order chi connectivity index (χ0) is 15.5. The minimum Gasteiger partial charge on any atom is -0.406 e. The average molecular weight is 311 g/mol. The summed E-state index contributed by atoms with van der Waals surface area (Å²) in [7, 11) is -1.86. The summed E-state index contributed by atoms with van der Waals surface area (Å²) in [6.07, 6.45) is 0. The van der Waals surface area contributed by atoms with Gasteiger partial charge in [-0.15, -0.1) is 5.10 Å². The number of hydrogen-bond donors (Lipinski definition) is 3. The van der Waals surface area contributed by atoms with E-state index in [-0.39, 0.29) is 10.9 Å². The van der Waals surface area contributed by atoms with Gasteiger partial charge < -0.3 is 15.1 Å².